The van der Waals surface area contributed by atoms with Gasteiger partial charge in [-0.25, -0.2) is 18.6 Å². The summed E-state index contributed by atoms with van der Waals surface area (Å²) in [6.45, 7) is 4.58. The second-order valence-electron chi connectivity index (χ2n) is 14.6. The van der Waals surface area contributed by atoms with Gasteiger partial charge in [-0.3, -0.25) is 0 Å². The average molecular weight is 794 g/mol. The molecule has 0 N–H and O–H groups in total. The number of para-hydroxylation sites is 1. The van der Waals surface area contributed by atoms with Crippen LogP contribution in [0.3, 0.4) is 0 Å². The Morgan fingerprint density at radius 2 is 1.11 bits per heavy atom. The van der Waals surface area contributed by atoms with Gasteiger partial charge in [0.2, 0.25) is 22.8 Å². The summed E-state index contributed by atoms with van der Waals surface area (Å²) < 4.78 is 43.8. The molecule has 7 nitrogen and oxygen atoms in total. The molecule has 0 saturated heterocycles. The minimum absolute atomic E-state index is 0.313. The summed E-state index contributed by atoms with van der Waals surface area (Å²) >= 11 is 6.35. The number of halogens is 2. The van der Waals surface area contributed by atoms with Crippen molar-refractivity contribution in [3.8, 4) is 56.2 Å². The van der Waals surface area contributed by atoms with Gasteiger partial charge in [-0.2, -0.15) is 4.57 Å². The molecule has 0 saturated carbocycles. The van der Waals surface area contributed by atoms with Crippen LogP contribution in [-0.4, -0.2) is 12.8 Å². The third kappa shape index (κ3) is 7.22. The van der Waals surface area contributed by atoms with Gasteiger partial charge in [-0.1, -0.05) is 109 Å². The molecule has 2 aliphatic heterocycles. The summed E-state index contributed by atoms with van der Waals surface area (Å²) in [5, 5.41) is 0.719. The topological polar surface area (TPSA) is 109 Å². The molecule has 284 valence electrons. The summed E-state index contributed by atoms with van der Waals surface area (Å²) in [5.41, 5.74) is 12.3. The van der Waals surface area contributed by atoms with Crippen molar-refractivity contribution in [3.63, 3.8) is 0 Å². The SMILES string of the molecule is CN1c2ccccc2C(C)(C)C12C=Cc1cc(-[n+]3c(-c4ccccc4)cc(-c4ccc(Cl)cc4)cc3-c3ccccc3)cc(-c3ccccc3)c1O2.[O-][Cl+3]([O-])([O-])[O-]. The zero-order chi connectivity index (χ0) is 40.0. The van der Waals surface area contributed by atoms with Crippen molar-refractivity contribution < 1.29 is 38.2 Å². The first kappa shape index (κ1) is 38.1. The normalized spacial score (nSPS) is 16.3. The van der Waals surface area contributed by atoms with E-state index in [0.29, 0.717) is 0 Å². The molecule has 7 aromatic rings. The van der Waals surface area contributed by atoms with Crippen molar-refractivity contribution in [3.05, 3.63) is 186 Å². The van der Waals surface area contributed by atoms with E-state index < -0.39 is 16.0 Å². The zero-order valence-corrected chi connectivity index (χ0v) is 32.9. The summed E-state index contributed by atoms with van der Waals surface area (Å²) in [4.78, 5) is 2.30. The predicted molar refractivity (Wildman–Crippen MR) is 215 cm³/mol. The lowest BCUT2D eigenvalue weighted by Crippen LogP contribution is -2.68. The number of ether oxygens (including phenoxy) is 1. The largest absolute Gasteiger partial charge is 0.462 e. The second kappa shape index (κ2) is 15.0. The van der Waals surface area contributed by atoms with E-state index in [9.17, 15) is 0 Å². The Hall–Kier alpha value is -5.77. The van der Waals surface area contributed by atoms with Crippen LogP contribution in [0.4, 0.5) is 5.69 Å². The van der Waals surface area contributed by atoms with E-state index >= 15 is 0 Å². The molecule has 1 spiro atoms. The fourth-order valence-electron chi connectivity index (χ4n) is 8.15. The molecule has 1 unspecified atom stereocenters. The zero-order valence-electron chi connectivity index (χ0n) is 31.4. The van der Waals surface area contributed by atoms with Gasteiger partial charge in [0.25, 0.3) is 0 Å². The summed E-state index contributed by atoms with van der Waals surface area (Å²) in [6.07, 6.45) is 4.53. The van der Waals surface area contributed by atoms with Crippen LogP contribution in [0.1, 0.15) is 25.0 Å². The van der Waals surface area contributed by atoms with Crippen LogP contribution in [-0.2, 0) is 5.41 Å². The van der Waals surface area contributed by atoms with Crippen molar-refractivity contribution >= 4 is 23.4 Å². The molecule has 0 radical (unpaired) electrons. The molecule has 0 aliphatic carbocycles. The molecule has 2 aliphatic rings. The first-order valence-electron chi connectivity index (χ1n) is 18.4. The molecule has 0 fully saturated rings. The van der Waals surface area contributed by atoms with Crippen LogP contribution in [0.25, 0.3) is 56.5 Å². The van der Waals surface area contributed by atoms with Crippen molar-refractivity contribution in [1.29, 1.82) is 0 Å². The van der Waals surface area contributed by atoms with Crippen LogP contribution in [0.5, 0.6) is 5.75 Å². The molecule has 6 aromatic carbocycles. The number of rotatable bonds is 5. The van der Waals surface area contributed by atoms with E-state index in [4.69, 9.17) is 35.0 Å². The molecule has 3 heterocycles. The monoisotopic (exact) mass is 792 g/mol. The Morgan fingerprint density at radius 1 is 0.596 bits per heavy atom. The van der Waals surface area contributed by atoms with Gasteiger partial charge in [0.1, 0.15) is 5.75 Å². The number of likely N-dealkylation sites (N-methyl/N-ethyl adjacent to an activating group) is 1. The van der Waals surface area contributed by atoms with E-state index in [1.807, 2.05) is 12.1 Å². The quantitative estimate of drug-likeness (QED) is 0.173. The highest BCUT2D eigenvalue weighted by molar-refractivity contribution is 6.30. The minimum atomic E-state index is -4.94. The molecule has 1 atom stereocenters. The van der Waals surface area contributed by atoms with Crippen molar-refractivity contribution in [2.75, 3.05) is 11.9 Å². The lowest BCUT2D eigenvalue weighted by Gasteiger charge is -2.46. The average Bonchev–Trinajstić information content (AvgIpc) is 3.38. The van der Waals surface area contributed by atoms with Crippen molar-refractivity contribution in [2.45, 2.75) is 25.0 Å². The Bertz CT molecular complexity index is 2530. The number of anilines is 1. The van der Waals surface area contributed by atoms with E-state index in [1.165, 1.54) is 11.3 Å². The highest BCUT2D eigenvalue weighted by Gasteiger charge is 2.57. The molecular formula is C48H38Cl2N2O5. The minimum Gasteiger partial charge on any atom is -0.462 e. The van der Waals surface area contributed by atoms with Crippen LogP contribution < -0.4 is 32.8 Å². The van der Waals surface area contributed by atoms with Gasteiger partial charge in [0, 0.05) is 64.3 Å². The molecule has 0 bridgehead atoms. The Kier molecular flexibility index (Phi) is 10.0. The highest BCUT2D eigenvalue weighted by atomic mass is 35.7. The van der Waals surface area contributed by atoms with Gasteiger partial charge in [-0.05, 0) is 90.7 Å². The Morgan fingerprint density at radius 3 is 1.65 bits per heavy atom. The summed E-state index contributed by atoms with van der Waals surface area (Å²) in [7, 11) is -2.80. The molecule has 9 heteroatoms. The number of aromatic nitrogens is 1. The van der Waals surface area contributed by atoms with E-state index in [2.05, 4.69) is 194 Å². The third-order valence-corrected chi connectivity index (χ3v) is 11.2. The van der Waals surface area contributed by atoms with Crippen molar-refractivity contribution in [2.24, 2.45) is 0 Å². The number of fused-ring (bicyclic) bond motifs is 2. The number of nitrogens with zero attached hydrogens (tertiary/aromatic N) is 2. The third-order valence-electron chi connectivity index (χ3n) is 10.9. The molecular weight excluding hydrogens is 755 g/mol. The van der Waals surface area contributed by atoms with Crippen LogP contribution in [0, 0.1) is 10.2 Å². The smallest absolute Gasteiger partial charge is 0.219 e. The maximum atomic E-state index is 8.49. The van der Waals surface area contributed by atoms with E-state index in [1.54, 1.807) is 0 Å². The first-order chi connectivity index (χ1) is 27.3. The Labute approximate surface area is 339 Å². The van der Waals surface area contributed by atoms with Gasteiger partial charge in [0.05, 0.1) is 5.41 Å². The fraction of sp³-hybridized carbons (Fsp3) is 0.104. The van der Waals surface area contributed by atoms with Gasteiger partial charge in [0.15, 0.2) is 0 Å². The second-order valence-corrected chi connectivity index (χ2v) is 15.8. The van der Waals surface area contributed by atoms with Gasteiger partial charge >= 0.3 is 0 Å². The standard InChI is InChI=1S/C48H38ClN2O.ClHO4/c1-47(2)42-21-13-14-22-43(42)50(3)48(47)28-27-37-29-40(32-41(46(37)52-48)34-15-7-4-8-16-34)51-44(35-17-9-5-10-18-35)30-38(33-23-25-39(49)26-24-33)31-45(51)36-19-11-6-12-20-36;2-1(3,4)5/h4-32H,1-3H3;(H,2,3,4,5)/q+1;/p-1. The maximum absolute atomic E-state index is 8.49. The van der Waals surface area contributed by atoms with Gasteiger partial charge in [-0.15, -0.1) is 10.2 Å². The molecule has 9 rings (SSSR count). The lowest BCUT2D eigenvalue weighted by molar-refractivity contribution is -2.00. The summed E-state index contributed by atoms with van der Waals surface area (Å²) in [5.74, 6) is 0.881. The van der Waals surface area contributed by atoms with Crippen molar-refractivity contribution in [1.82, 2.24) is 0 Å². The first-order valence-corrected chi connectivity index (χ1v) is 20.0. The van der Waals surface area contributed by atoms with Crippen LogP contribution in [0.2, 0.25) is 5.02 Å². The highest BCUT2D eigenvalue weighted by Crippen LogP contribution is 2.55. The maximum Gasteiger partial charge on any atom is 0.219 e. The summed E-state index contributed by atoms with van der Waals surface area (Å²) in [6, 6.07) is 57.8. The molecule has 0 amide bonds. The molecule has 1 aromatic heterocycles. The fourth-order valence-corrected chi connectivity index (χ4v) is 8.28. The number of hydrogen-bond acceptors (Lipinski definition) is 6. The van der Waals surface area contributed by atoms with E-state index in [0.717, 1.165) is 66.8 Å². The molecule has 57 heavy (non-hydrogen) atoms. The number of benzene rings is 6. The predicted octanol–water partition coefficient (Wildman–Crippen LogP) is 7.06. The number of hydrogen-bond donors (Lipinski definition) is 0. The lowest BCUT2D eigenvalue weighted by atomic mass is 9.76. The van der Waals surface area contributed by atoms with Crippen LogP contribution >= 0.6 is 11.6 Å². The Balaban J connectivity index is 0.000000859. The number of pyridine rings is 1. The van der Waals surface area contributed by atoms with Crippen LogP contribution in [0.15, 0.2) is 170 Å². The van der Waals surface area contributed by atoms with E-state index in [-0.39, 0.29) is 5.41 Å². The van der Waals surface area contributed by atoms with Gasteiger partial charge < -0.3 is 9.64 Å².